The summed E-state index contributed by atoms with van der Waals surface area (Å²) in [6.45, 7) is 0. The van der Waals surface area contributed by atoms with Gasteiger partial charge >= 0.3 is 0 Å². The highest BCUT2D eigenvalue weighted by Crippen LogP contribution is 2.38. The van der Waals surface area contributed by atoms with Gasteiger partial charge in [0.2, 0.25) is 0 Å². The predicted molar refractivity (Wildman–Crippen MR) is 114 cm³/mol. The van der Waals surface area contributed by atoms with Crippen molar-refractivity contribution < 1.29 is 0 Å². The highest BCUT2D eigenvalue weighted by atomic mass is 31.1. The van der Waals surface area contributed by atoms with Gasteiger partial charge in [0.05, 0.1) is 16.7 Å². The molecule has 3 aromatic rings. The fourth-order valence-corrected chi connectivity index (χ4v) is 5.05. The molecule has 1 unspecified atom stereocenters. The van der Waals surface area contributed by atoms with Gasteiger partial charge in [-0.1, -0.05) is 98.2 Å². The number of nitriles is 3. The van der Waals surface area contributed by atoms with Gasteiger partial charge in [-0.3, -0.25) is 0 Å². The standard InChI is InChI=1S/C24H15N3P/c25-16-22(19-10-4-1-5-11-19)28(23(17-26)20-12-6-2-7-13-20)24(18-27)21-14-8-3-9-15-21/h1-15H. The molecule has 0 saturated heterocycles. The topological polar surface area (TPSA) is 71.4 Å². The van der Waals surface area contributed by atoms with Crippen molar-refractivity contribution in [3.05, 3.63) is 113 Å². The van der Waals surface area contributed by atoms with Gasteiger partial charge in [-0.2, -0.15) is 15.8 Å². The smallest absolute Gasteiger partial charge is 0.152 e. The number of hydrogen-bond donors (Lipinski definition) is 0. The number of rotatable bonds is 4. The Morgan fingerprint density at radius 3 is 1.18 bits per heavy atom. The van der Waals surface area contributed by atoms with Gasteiger partial charge in [0.25, 0.3) is 0 Å². The molecule has 1 radical (unpaired) electrons. The van der Waals surface area contributed by atoms with Crippen LogP contribution < -0.4 is 0 Å². The summed E-state index contributed by atoms with van der Waals surface area (Å²) in [7, 11) is -1.61. The SMILES string of the molecule is N#C[C](c1ccccc1)/P(=C(\C#N)c1ccccc1)=C(/C#N)c1ccccc1. The van der Waals surface area contributed by atoms with E-state index in [1.807, 2.05) is 91.0 Å². The van der Waals surface area contributed by atoms with Crippen molar-refractivity contribution in [3.63, 3.8) is 0 Å². The van der Waals surface area contributed by atoms with Crippen LogP contribution in [0.3, 0.4) is 0 Å². The van der Waals surface area contributed by atoms with Crippen LogP contribution in [0.25, 0.3) is 0 Å². The lowest BCUT2D eigenvalue weighted by molar-refractivity contribution is 1.42. The first kappa shape index (κ1) is 18.9. The van der Waals surface area contributed by atoms with E-state index in [-0.39, 0.29) is 0 Å². The molecular formula is C24H15N3P. The second kappa shape index (κ2) is 9.21. The second-order valence-electron chi connectivity index (χ2n) is 5.81. The molecule has 0 fully saturated rings. The van der Waals surface area contributed by atoms with Crippen LogP contribution in [0.2, 0.25) is 0 Å². The third-order valence-electron chi connectivity index (χ3n) is 4.13. The first-order valence-corrected chi connectivity index (χ1v) is 9.92. The summed E-state index contributed by atoms with van der Waals surface area (Å²) >= 11 is 0. The van der Waals surface area contributed by atoms with Crippen molar-refractivity contribution >= 4 is 17.8 Å². The largest absolute Gasteiger partial charge is 0.196 e. The lowest BCUT2D eigenvalue weighted by Crippen LogP contribution is -2.05. The van der Waals surface area contributed by atoms with E-state index >= 15 is 0 Å². The van der Waals surface area contributed by atoms with Crippen LogP contribution in [-0.4, -0.2) is 10.6 Å². The van der Waals surface area contributed by atoms with Crippen LogP contribution in [0, 0.1) is 39.7 Å². The van der Waals surface area contributed by atoms with Gasteiger partial charge in [0.15, 0.2) is 5.66 Å². The van der Waals surface area contributed by atoms with Crippen LogP contribution in [0.5, 0.6) is 0 Å². The van der Waals surface area contributed by atoms with E-state index in [0.717, 1.165) is 16.7 Å². The third-order valence-corrected chi connectivity index (χ3v) is 6.55. The van der Waals surface area contributed by atoms with Crippen molar-refractivity contribution in [2.24, 2.45) is 0 Å². The molecule has 0 bridgehead atoms. The Balaban J connectivity index is 2.47. The van der Waals surface area contributed by atoms with E-state index in [1.165, 1.54) is 0 Å². The van der Waals surface area contributed by atoms with E-state index in [2.05, 4.69) is 18.2 Å². The lowest BCUT2D eigenvalue weighted by Gasteiger charge is -2.12. The summed E-state index contributed by atoms with van der Waals surface area (Å²) < 4.78 is 0. The summed E-state index contributed by atoms with van der Waals surface area (Å²) in [6, 6.07) is 34.6. The fraction of sp³-hybridized carbons (Fsp3) is 0. The highest BCUT2D eigenvalue weighted by Gasteiger charge is 2.21. The van der Waals surface area contributed by atoms with Crippen LogP contribution in [0.15, 0.2) is 91.0 Å². The molecule has 0 aliphatic heterocycles. The average Bonchev–Trinajstić information content (AvgIpc) is 2.77. The van der Waals surface area contributed by atoms with E-state index < -0.39 is 7.17 Å². The molecule has 3 rings (SSSR count). The van der Waals surface area contributed by atoms with Gasteiger partial charge in [0.1, 0.15) is 12.1 Å². The zero-order chi connectivity index (χ0) is 19.8. The van der Waals surface area contributed by atoms with Gasteiger partial charge in [-0.25, -0.2) is 0 Å². The Kier molecular flexibility index (Phi) is 6.23. The third kappa shape index (κ3) is 3.95. The molecule has 0 spiro atoms. The molecule has 0 aliphatic rings. The van der Waals surface area contributed by atoms with Gasteiger partial charge in [-0.15, -0.1) is 0 Å². The summed E-state index contributed by atoms with van der Waals surface area (Å²) in [4.78, 5) is 0. The Hall–Kier alpha value is -3.83. The highest BCUT2D eigenvalue weighted by molar-refractivity contribution is 7.65. The van der Waals surface area contributed by atoms with Crippen LogP contribution >= 0.6 is 7.17 Å². The summed E-state index contributed by atoms with van der Waals surface area (Å²) in [5.74, 6) is 0. The minimum absolute atomic E-state index is 0.441. The molecule has 0 amide bonds. The monoisotopic (exact) mass is 376 g/mol. The van der Waals surface area contributed by atoms with Gasteiger partial charge < -0.3 is 0 Å². The van der Waals surface area contributed by atoms with Crippen LogP contribution in [-0.2, 0) is 0 Å². The summed E-state index contributed by atoms with van der Waals surface area (Å²) in [5, 5.41) is 30.9. The molecule has 1 atom stereocenters. The molecule has 0 saturated carbocycles. The van der Waals surface area contributed by atoms with Crippen molar-refractivity contribution in [1.82, 2.24) is 0 Å². The van der Waals surface area contributed by atoms with Crippen molar-refractivity contribution in [2.45, 2.75) is 0 Å². The molecule has 0 aromatic heterocycles. The molecule has 0 aliphatic carbocycles. The molecular weight excluding hydrogens is 361 g/mol. The molecule has 0 heterocycles. The number of hydrogen-bond acceptors (Lipinski definition) is 3. The van der Waals surface area contributed by atoms with E-state index in [0.29, 0.717) is 16.2 Å². The van der Waals surface area contributed by atoms with Gasteiger partial charge in [-0.05, 0) is 16.7 Å². The zero-order valence-corrected chi connectivity index (χ0v) is 15.8. The average molecular weight is 376 g/mol. The zero-order valence-electron chi connectivity index (χ0n) is 14.9. The van der Waals surface area contributed by atoms with Crippen molar-refractivity contribution in [3.8, 4) is 18.2 Å². The Bertz CT molecular complexity index is 1100. The first-order chi connectivity index (χ1) is 13.8. The van der Waals surface area contributed by atoms with Crippen LogP contribution in [0.4, 0.5) is 0 Å². The maximum absolute atomic E-state index is 10.0. The fourth-order valence-electron chi connectivity index (χ4n) is 2.85. The molecule has 28 heavy (non-hydrogen) atoms. The summed E-state index contributed by atoms with van der Waals surface area (Å²) in [5.41, 5.74) is 2.62. The minimum Gasteiger partial charge on any atom is -0.196 e. The quantitative estimate of drug-likeness (QED) is 0.598. The van der Waals surface area contributed by atoms with Crippen molar-refractivity contribution in [1.29, 1.82) is 15.8 Å². The van der Waals surface area contributed by atoms with Crippen molar-refractivity contribution in [2.75, 3.05) is 0 Å². The minimum atomic E-state index is -1.61. The number of benzene rings is 3. The first-order valence-electron chi connectivity index (χ1n) is 8.57. The Labute approximate surface area is 165 Å². The van der Waals surface area contributed by atoms with E-state index in [9.17, 15) is 15.8 Å². The Morgan fingerprint density at radius 2 is 0.857 bits per heavy atom. The van der Waals surface area contributed by atoms with E-state index in [4.69, 9.17) is 0 Å². The van der Waals surface area contributed by atoms with Gasteiger partial charge in [0, 0.05) is 0 Å². The maximum Gasteiger partial charge on any atom is 0.152 e. The van der Waals surface area contributed by atoms with E-state index in [1.54, 1.807) is 0 Å². The summed E-state index contributed by atoms with van der Waals surface area (Å²) in [6.07, 6.45) is 0. The lowest BCUT2D eigenvalue weighted by atomic mass is 10.1. The molecule has 3 nitrogen and oxygen atoms in total. The molecule has 131 valence electrons. The molecule has 0 N–H and O–H groups in total. The molecule has 3 aromatic carbocycles. The molecule has 4 heteroatoms. The normalized spacial score (nSPS) is 11.6. The van der Waals surface area contributed by atoms with Crippen LogP contribution in [0.1, 0.15) is 16.7 Å². The second-order valence-corrected chi connectivity index (χ2v) is 7.83. The maximum atomic E-state index is 10.0. The Morgan fingerprint density at radius 1 is 0.500 bits per heavy atom. The number of nitrogens with zero attached hydrogens (tertiary/aromatic N) is 3. The predicted octanol–water partition coefficient (Wildman–Crippen LogP) is 5.06.